The number of hydrogen-bond acceptors (Lipinski definition) is 2. The first-order valence-electron chi connectivity index (χ1n) is 21.1. The molecule has 0 aromatic heterocycles. The van der Waals surface area contributed by atoms with Crippen LogP contribution in [0, 0.1) is 0 Å². The smallest absolute Gasteiger partial charge is 0.0713 e. The lowest BCUT2D eigenvalue weighted by Crippen LogP contribution is -2.28. The average molecular weight is 785 g/mol. The molecule has 9 aromatic carbocycles. The van der Waals surface area contributed by atoms with Crippen LogP contribution in [0.2, 0.25) is 0 Å². The van der Waals surface area contributed by atoms with Crippen LogP contribution >= 0.6 is 0 Å². The molecule has 2 aliphatic rings. The zero-order chi connectivity index (χ0) is 41.4. The predicted molar refractivity (Wildman–Crippen MR) is 258 cm³/mol. The summed E-state index contributed by atoms with van der Waals surface area (Å²) in [5, 5.41) is 0. The quantitative estimate of drug-likeness (QED) is 0.164. The number of aliphatic imine (C=N–C) groups is 1. The van der Waals surface area contributed by atoms with E-state index in [4.69, 9.17) is 0 Å². The molecule has 0 saturated heterocycles. The lowest BCUT2D eigenvalue weighted by atomic mass is 9.68. The lowest BCUT2D eigenvalue weighted by Gasteiger charge is -2.33. The Hall–Kier alpha value is -7.55. The van der Waals surface area contributed by atoms with Gasteiger partial charge in [0.1, 0.15) is 0 Å². The Morgan fingerprint density at radius 1 is 0.377 bits per heavy atom. The Balaban J connectivity index is 0.000000128. The minimum atomic E-state index is -0.254. The first-order chi connectivity index (χ1) is 30.1. The number of benzene rings is 9. The van der Waals surface area contributed by atoms with Crippen LogP contribution in [0.4, 0.5) is 17.1 Å². The molecule has 61 heavy (non-hydrogen) atoms. The first kappa shape index (κ1) is 38.9. The number of rotatable bonds is 6. The van der Waals surface area contributed by atoms with E-state index in [1.807, 2.05) is 18.2 Å². The predicted octanol–water partition coefficient (Wildman–Crippen LogP) is 15.2. The Morgan fingerprint density at radius 3 is 1.18 bits per heavy atom. The zero-order valence-electron chi connectivity index (χ0n) is 34.7. The summed E-state index contributed by atoms with van der Waals surface area (Å²) < 4.78 is 0. The first-order valence-corrected chi connectivity index (χ1v) is 21.1. The van der Waals surface area contributed by atoms with E-state index in [9.17, 15) is 0 Å². The lowest BCUT2D eigenvalue weighted by molar-refractivity contribution is 0.768. The summed E-state index contributed by atoms with van der Waals surface area (Å²) in [7, 11) is 2.11. The number of anilines is 2. The summed E-state index contributed by atoms with van der Waals surface area (Å²) in [5.74, 6) is 0. The van der Waals surface area contributed by atoms with Gasteiger partial charge in [-0.2, -0.15) is 0 Å². The van der Waals surface area contributed by atoms with Gasteiger partial charge in [0.2, 0.25) is 0 Å². The zero-order valence-corrected chi connectivity index (χ0v) is 34.7. The van der Waals surface area contributed by atoms with Gasteiger partial charge in [-0.3, -0.25) is 4.99 Å². The van der Waals surface area contributed by atoms with Gasteiger partial charge in [0.25, 0.3) is 0 Å². The second-order valence-corrected chi connectivity index (χ2v) is 15.6. The Bertz CT molecular complexity index is 2690. The molecule has 1 aliphatic heterocycles. The minimum Gasteiger partial charge on any atom is -0.345 e. The van der Waals surface area contributed by atoms with Crippen molar-refractivity contribution in [3.63, 3.8) is 0 Å². The van der Waals surface area contributed by atoms with E-state index in [0.29, 0.717) is 0 Å². The molecule has 2 nitrogen and oxygen atoms in total. The molecule has 1 aliphatic carbocycles. The van der Waals surface area contributed by atoms with Gasteiger partial charge < -0.3 is 4.90 Å². The van der Waals surface area contributed by atoms with Crippen LogP contribution in [0.3, 0.4) is 0 Å². The highest BCUT2D eigenvalue weighted by molar-refractivity contribution is 5.92. The molecular formula is C59H48N2. The SMILES string of the molecule is CC1=Nc2ccccc2C1.CN(c1ccc(-c2ccccc2)cc1)c1ccc(-c2ccccc2)cc1.c1ccc(C2(c3ccccc3)c3ccccc3-c3ccccc32)cc1. The molecule has 0 radical (unpaired) electrons. The number of hydrogen-bond donors (Lipinski definition) is 0. The molecule has 0 saturated carbocycles. The van der Waals surface area contributed by atoms with E-state index in [-0.39, 0.29) is 5.41 Å². The Morgan fingerprint density at radius 2 is 0.738 bits per heavy atom. The third kappa shape index (κ3) is 7.97. The van der Waals surface area contributed by atoms with E-state index in [1.54, 1.807) is 0 Å². The third-order valence-electron chi connectivity index (χ3n) is 11.8. The fraction of sp³-hybridized carbons (Fsp3) is 0.0678. The molecular weight excluding hydrogens is 737 g/mol. The van der Waals surface area contributed by atoms with E-state index < -0.39 is 0 Å². The highest BCUT2D eigenvalue weighted by Gasteiger charge is 2.45. The summed E-state index contributed by atoms with van der Waals surface area (Å²) in [4.78, 5) is 6.58. The van der Waals surface area contributed by atoms with Crippen LogP contribution in [-0.4, -0.2) is 12.8 Å². The second-order valence-electron chi connectivity index (χ2n) is 15.6. The highest BCUT2D eigenvalue weighted by atomic mass is 15.1. The molecule has 0 fully saturated rings. The maximum atomic E-state index is 4.37. The van der Waals surface area contributed by atoms with Crippen molar-refractivity contribution in [2.45, 2.75) is 18.8 Å². The molecule has 0 atom stereocenters. The topological polar surface area (TPSA) is 15.6 Å². The molecule has 0 bridgehead atoms. The van der Waals surface area contributed by atoms with E-state index in [0.717, 1.165) is 12.1 Å². The third-order valence-corrected chi connectivity index (χ3v) is 11.8. The van der Waals surface area contributed by atoms with Crippen LogP contribution in [0.1, 0.15) is 34.7 Å². The molecule has 1 heterocycles. The second kappa shape index (κ2) is 17.7. The van der Waals surface area contributed by atoms with Gasteiger partial charge in [0.15, 0.2) is 0 Å². The summed E-state index contributed by atoms with van der Waals surface area (Å²) in [6.45, 7) is 2.07. The Kier molecular flexibility index (Phi) is 11.3. The van der Waals surface area contributed by atoms with Crippen molar-refractivity contribution >= 4 is 22.8 Å². The summed E-state index contributed by atoms with van der Waals surface area (Å²) in [6, 6.07) is 86.1. The average Bonchev–Trinajstić information content (AvgIpc) is 3.88. The fourth-order valence-electron chi connectivity index (χ4n) is 8.86. The van der Waals surface area contributed by atoms with Crippen LogP contribution in [0.5, 0.6) is 0 Å². The summed E-state index contributed by atoms with van der Waals surface area (Å²) >= 11 is 0. The maximum Gasteiger partial charge on any atom is 0.0713 e. The van der Waals surface area contributed by atoms with Gasteiger partial charge in [0.05, 0.1) is 11.1 Å². The largest absolute Gasteiger partial charge is 0.345 e. The maximum absolute atomic E-state index is 4.37. The van der Waals surface area contributed by atoms with Gasteiger partial charge in [-0.25, -0.2) is 0 Å². The van der Waals surface area contributed by atoms with Gasteiger partial charge >= 0.3 is 0 Å². The van der Waals surface area contributed by atoms with E-state index in [2.05, 4.69) is 248 Å². The van der Waals surface area contributed by atoms with Gasteiger partial charge in [-0.15, -0.1) is 0 Å². The molecule has 2 heteroatoms. The van der Waals surface area contributed by atoms with Crippen molar-refractivity contribution < 1.29 is 0 Å². The normalized spacial score (nSPS) is 12.6. The minimum absolute atomic E-state index is 0.254. The number of para-hydroxylation sites is 1. The van der Waals surface area contributed by atoms with Crippen molar-refractivity contribution in [2.24, 2.45) is 4.99 Å². The van der Waals surface area contributed by atoms with Crippen molar-refractivity contribution in [1.29, 1.82) is 0 Å². The van der Waals surface area contributed by atoms with Crippen molar-refractivity contribution in [1.82, 2.24) is 0 Å². The van der Waals surface area contributed by atoms with Crippen LogP contribution in [-0.2, 0) is 11.8 Å². The van der Waals surface area contributed by atoms with Gasteiger partial charge in [-0.1, -0.05) is 212 Å². The molecule has 9 aromatic rings. The molecule has 0 amide bonds. The van der Waals surface area contributed by atoms with E-state index in [1.165, 1.54) is 78.3 Å². The molecule has 294 valence electrons. The van der Waals surface area contributed by atoms with Crippen LogP contribution in [0.15, 0.2) is 248 Å². The summed E-state index contributed by atoms with van der Waals surface area (Å²) in [6.07, 6.45) is 1.04. The molecule has 11 rings (SSSR count). The fourth-order valence-corrected chi connectivity index (χ4v) is 8.86. The van der Waals surface area contributed by atoms with Gasteiger partial charge in [0, 0.05) is 30.6 Å². The van der Waals surface area contributed by atoms with Crippen LogP contribution < -0.4 is 4.90 Å². The monoisotopic (exact) mass is 784 g/mol. The molecule has 0 N–H and O–H groups in total. The van der Waals surface area contributed by atoms with Crippen molar-refractivity contribution in [3.8, 4) is 33.4 Å². The molecule has 0 spiro atoms. The van der Waals surface area contributed by atoms with Crippen molar-refractivity contribution in [2.75, 3.05) is 11.9 Å². The number of nitrogens with zero attached hydrogens (tertiary/aromatic N) is 2. The standard InChI is InChI=1S/C25H21N.C25H18.C9H9N/c1-26(24-16-12-22(13-17-24)20-8-4-2-5-9-20)25-18-14-23(15-19-25)21-10-6-3-7-11-21;1-3-11-19(12-4-1)25(20-13-5-2-6-14-20)23-17-9-7-15-21(23)22-16-8-10-18-24(22)25;1-7-6-8-4-2-3-5-9(8)10-7/h2-19H,1H3;1-18H;2-5H,6H2,1H3. The molecule has 0 unspecified atom stereocenters. The highest BCUT2D eigenvalue weighted by Crippen LogP contribution is 2.55. The van der Waals surface area contributed by atoms with Gasteiger partial charge in [-0.05, 0) is 98.5 Å². The summed E-state index contributed by atoms with van der Waals surface area (Å²) in [5.41, 5.74) is 18.9. The van der Waals surface area contributed by atoms with E-state index >= 15 is 0 Å². The Labute approximate surface area is 360 Å². The van der Waals surface area contributed by atoms with Crippen molar-refractivity contribution in [3.05, 3.63) is 270 Å². The van der Waals surface area contributed by atoms with Crippen LogP contribution in [0.25, 0.3) is 33.4 Å². The number of fused-ring (bicyclic) bond motifs is 4.